The van der Waals surface area contributed by atoms with E-state index < -0.39 is 0 Å². The van der Waals surface area contributed by atoms with Crippen LogP contribution < -0.4 is 16.0 Å². The number of hydrogen-bond acceptors (Lipinski definition) is 3. The summed E-state index contributed by atoms with van der Waals surface area (Å²) in [6.45, 7) is 5.97. The quantitative estimate of drug-likeness (QED) is 0.640. The summed E-state index contributed by atoms with van der Waals surface area (Å²) in [7, 11) is 2.15. The smallest absolute Gasteiger partial charge is 0.314 e. The first-order chi connectivity index (χ1) is 8.24. The van der Waals surface area contributed by atoms with Crippen LogP contribution in [0.1, 0.15) is 12.8 Å². The molecular weight excluding hydrogens is 216 g/mol. The minimum atomic E-state index is -0.00914. The highest BCUT2D eigenvalue weighted by molar-refractivity contribution is 5.73. The largest absolute Gasteiger partial charge is 0.338 e. The number of likely N-dealkylation sites (tertiary alicyclic amines) is 1. The lowest BCUT2D eigenvalue weighted by atomic mass is 9.99. The molecule has 0 saturated carbocycles. The first kappa shape index (κ1) is 12.6. The summed E-state index contributed by atoms with van der Waals surface area (Å²) in [6, 6.07) is -0.00914. The van der Waals surface area contributed by atoms with E-state index in [0.717, 1.165) is 32.7 Å². The zero-order valence-corrected chi connectivity index (χ0v) is 10.7. The van der Waals surface area contributed by atoms with Crippen molar-refractivity contribution >= 4 is 6.03 Å². The second-order valence-corrected chi connectivity index (χ2v) is 5.39. The van der Waals surface area contributed by atoms with Gasteiger partial charge in [0.25, 0.3) is 0 Å². The van der Waals surface area contributed by atoms with Crippen LogP contribution in [0.25, 0.3) is 0 Å². The van der Waals surface area contributed by atoms with E-state index in [4.69, 9.17) is 0 Å². The second-order valence-electron chi connectivity index (χ2n) is 5.39. The topological polar surface area (TPSA) is 56.4 Å². The lowest BCUT2D eigenvalue weighted by Gasteiger charge is -2.30. The van der Waals surface area contributed by atoms with E-state index in [-0.39, 0.29) is 6.03 Å². The predicted octanol–water partition coefficient (Wildman–Crippen LogP) is -0.153. The number of carbonyl (C=O) groups excluding carboxylic acids is 1. The standard InChI is InChI=1S/C12H24N4O/c1-16-4-2-3-10(9-16)7-14-12(17)15-8-11-5-13-6-11/h10-11,13H,2-9H2,1H3,(H2,14,15,17). The number of nitrogens with one attached hydrogen (secondary N) is 3. The average molecular weight is 240 g/mol. The number of amides is 2. The fraction of sp³-hybridized carbons (Fsp3) is 0.917. The van der Waals surface area contributed by atoms with Gasteiger partial charge in [-0.2, -0.15) is 0 Å². The van der Waals surface area contributed by atoms with E-state index in [1.807, 2.05) is 0 Å². The first-order valence-corrected chi connectivity index (χ1v) is 6.65. The summed E-state index contributed by atoms with van der Waals surface area (Å²) in [5.41, 5.74) is 0. The van der Waals surface area contributed by atoms with Gasteiger partial charge in [-0.1, -0.05) is 0 Å². The van der Waals surface area contributed by atoms with Crippen molar-refractivity contribution in [2.24, 2.45) is 11.8 Å². The Balaban J connectivity index is 1.55. The van der Waals surface area contributed by atoms with Crippen LogP contribution in [0.2, 0.25) is 0 Å². The lowest BCUT2D eigenvalue weighted by molar-refractivity contribution is 0.201. The molecule has 0 spiro atoms. The molecule has 0 bridgehead atoms. The summed E-state index contributed by atoms with van der Waals surface area (Å²) in [5, 5.41) is 9.11. The number of urea groups is 1. The Kier molecular flexibility index (Phi) is 4.62. The molecule has 0 aliphatic carbocycles. The van der Waals surface area contributed by atoms with Gasteiger partial charge in [-0.3, -0.25) is 0 Å². The molecule has 17 heavy (non-hydrogen) atoms. The van der Waals surface area contributed by atoms with E-state index >= 15 is 0 Å². The van der Waals surface area contributed by atoms with Crippen LogP contribution in [-0.2, 0) is 0 Å². The summed E-state index contributed by atoms with van der Waals surface area (Å²) in [4.78, 5) is 13.9. The van der Waals surface area contributed by atoms with Gasteiger partial charge in [0.2, 0.25) is 0 Å². The summed E-state index contributed by atoms with van der Waals surface area (Å²) < 4.78 is 0. The fourth-order valence-electron chi connectivity index (χ4n) is 2.47. The van der Waals surface area contributed by atoms with Crippen LogP contribution in [0.3, 0.4) is 0 Å². The summed E-state index contributed by atoms with van der Waals surface area (Å²) in [5.74, 6) is 1.24. The SMILES string of the molecule is CN1CCCC(CNC(=O)NCC2CNC2)C1. The number of carbonyl (C=O) groups is 1. The minimum Gasteiger partial charge on any atom is -0.338 e. The zero-order valence-electron chi connectivity index (χ0n) is 10.7. The average Bonchev–Trinajstić information content (AvgIpc) is 2.24. The molecule has 0 radical (unpaired) electrons. The van der Waals surface area contributed by atoms with Gasteiger partial charge in [-0.05, 0) is 32.4 Å². The molecule has 2 rings (SSSR count). The monoisotopic (exact) mass is 240 g/mol. The van der Waals surface area contributed by atoms with Crippen molar-refractivity contribution < 1.29 is 4.79 Å². The first-order valence-electron chi connectivity index (χ1n) is 6.65. The number of nitrogens with zero attached hydrogens (tertiary/aromatic N) is 1. The van der Waals surface area contributed by atoms with Crippen molar-refractivity contribution in [3.05, 3.63) is 0 Å². The van der Waals surface area contributed by atoms with Crippen molar-refractivity contribution in [2.75, 3.05) is 46.3 Å². The van der Waals surface area contributed by atoms with Gasteiger partial charge in [-0.15, -0.1) is 0 Å². The van der Waals surface area contributed by atoms with E-state index in [0.29, 0.717) is 11.8 Å². The number of piperidine rings is 1. The van der Waals surface area contributed by atoms with Gasteiger partial charge < -0.3 is 20.9 Å². The van der Waals surface area contributed by atoms with Crippen LogP contribution in [0, 0.1) is 11.8 Å². The van der Waals surface area contributed by atoms with Crippen LogP contribution in [0.15, 0.2) is 0 Å². The van der Waals surface area contributed by atoms with E-state index in [9.17, 15) is 4.79 Å². The third kappa shape index (κ3) is 4.16. The molecule has 5 nitrogen and oxygen atoms in total. The maximum absolute atomic E-state index is 11.6. The Morgan fingerprint density at radius 3 is 2.59 bits per heavy atom. The van der Waals surface area contributed by atoms with Crippen molar-refractivity contribution in [3.8, 4) is 0 Å². The van der Waals surface area contributed by atoms with Crippen molar-refractivity contribution in [2.45, 2.75) is 12.8 Å². The maximum Gasteiger partial charge on any atom is 0.314 e. The summed E-state index contributed by atoms with van der Waals surface area (Å²) >= 11 is 0. The number of rotatable bonds is 4. The van der Waals surface area contributed by atoms with Crippen LogP contribution in [0.4, 0.5) is 4.79 Å². The van der Waals surface area contributed by atoms with Gasteiger partial charge in [0.05, 0.1) is 0 Å². The molecule has 0 aromatic carbocycles. The van der Waals surface area contributed by atoms with E-state index in [2.05, 4.69) is 27.9 Å². The molecule has 0 aromatic heterocycles. The normalized spacial score (nSPS) is 26.3. The summed E-state index contributed by atoms with van der Waals surface area (Å²) in [6.07, 6.45) is 2.48. The Morgan fingerprint density at radius 2 is 2.00 bits per heavy atom. The lowest BCUT2D eigenvalue weighted by Crippen LogP contribution is -2.50. The predicted molar refractivity (Wildman–Crippen MR) is 68.0 cm³/mol. The number of hydrogen-bond donors (Lipinski definition) is 3. The van der Waals surface area contributed by atoms with Gasteiger partial charge in [0, 0.05) is 38.6 Å². The van der Waals surface area contributed by atoms with Crippen molar-refractivity contribution in [1.29, 1.82) is 0 Å². The Labute approximate surface area is 103 Å². The van der Waals surface area contributed by atoms with Crippen LogP contribution in [0.5, 0.6) is 0 Å². The molecule has 2 saturated heterocycles. The third-order valence-corrected chi connectivity index (χ3v) is 3.69. The van der Waals surface area contributed by atoms with Crippen LogP contribution in [-0.4, -0.2) is 57.2 Å². The van der Waals surface area contributed by atoms with Crippen molar-refractivity contribution in [1.82, 2.24) is 20.9 Å². The van der Waals surface area contributed by atoms with Crippen molar-refractivity contribution in [3.63, 3.8) is 0 Å². The third-order valence-electron chi connectivity index (χ3n) is 3.69. The molecule has 2 aliphatic rings. The van der Waals surface area contributed by atoms with Gasteiger partial charge >= 0.3 is 6.03 Å². The Morgan fingerprint density at radius 1 is 1.29 bits per heavy atom. The highest BCUT2D eigenvalue weighted by Crippen LogP contribution is 2.13. The molecular formula is C12H24N4O. The second kappa shape index (κ2) is 6.21. The highest BCUT2D eigenvalue weighted by atomic mass is 16.2. The fourth-order valence-corrected chi connectivity index (χ4v) is 2.47. The molecule has 2 fully saturated rings. The van der Waals surface area contributed by atoms with E-state index in [1.165, 1.54) is 19.4 Å². The molecule has 3 N–H and O–H groups in total. The molecule has 2 aliphatic heterocycles. The van der Waals surface area contributed by atoms with Crippen LogP contribution >= 0.6 is 0 Å². The maximum atomic E-state index is 11.6. The molecule has 0 aromatic rings. The minimum absolute atomic E-state index is 0.00914. The molecule has 2 heterocycles. The highest BCUT2D eigenvalue weighted by Gasteiger charge is 2.19. The van der Waals surface area contributed by atoms with Gasteiger partial charge in [0.1, 0.15) is 0 Å². The Bertz CT molecular complexity index is 255. The molecule has 98 valence electrons. The molecule has 1 unspecified atom stereocenters. The molecule has 5 heteroatoms. The van der Waals surface area contributed by atoms with Gasteiger partial charge in [-0.25, -0.2) is 4.79 Å². The molecule has 1 atom stereocenters. The zero-order chi connectivity index (χ0) is 12.1. The van der Waals surface area contributed by atoms with Gasteiger partial charge in [0.15, 0.2) is 0 Å². The molecule has 2 amide bonds. The Hall–Kier alpha value is -0.810. The van der Waals surface area contributed by atoms with E-state index in [1.54, 1.807) is 0 Å².